The van der Waals surface area contributed by atoms with Gasteiger partial charge in [-0.15, -0.1) is 0 Å². The summed E-state index contributed by atoms with van der Waals surface area (Å²) < 4.78 is 5.07. The molecule has 0 spiro atoms. The number of para-hydroxylation sites is 1. The number of benzene rings is 1. The molecule has 1 aromatic carbocycles. The Morgan fingerprint density at radius 3 is 2.85 bits per heavy atom. The first-order valence-electron chi connectivity index (χ1n) is 3.67. The van der Waals surface area contributed by atoms with Crippen LogP contribution in [0.25, 0.3) is 16.1 Å². The van der Waals surface area contributed by atoms with Gasteiger partial charge in [-0.1, -0.05) is 29.9 Å². The predicted octanol–water partition coefficient (Wildman–Crippen LogP) is 2.98. The molecule has 0 bridgehead atoms. The van der Waals surface area contributed by atoms with Crippen molar-refractivity contribution in [1.82, 2.24) is 0 Å². The summed E-state index contributed by atoms with van der Waals surface area (Å²) >= 11 is 0. The maximum atomic E-state index is 8.22. The first kappa shape index (κ1) is 9.16. The van der Waals surface area contributed by atoms with E-state index in [1.807, 2.05) is 12.1 Å². The summed E-state index contributed by atoms with van der Waals surface area (Å²) in [4.78, 5) is 2.66. The average molecular weight is 175 g/mol. The number of nitrogens with zero attached hydrogens (tertiary/aromatic N) is 3. The van der Waals surface area contributed by atoms with Crippen molar-refractivity contribution in [1.29, 1.82) is 0 Å². The van der Waals surface area contributed by atoms with Gasteiger partial charge in [0, 0.05) is 16.2 Å². The largest absolute Gasteiger partial charge is 0.496 e. The van der Waals surface area contributed by atoms with Gasteiger partial charge in [0.05, 0.1) is 7.11 Å². The third-order valence-electron chi connectivity index (χ3n) is 1.58. The van der Waals surface area contributed by atoms with E-state index in [2.05, 4.69) is 16.6 Å². The van der Waals surface area contributed by atoms with Crippen molar-refractivity contribution < 1.29 is 4.74 Å². The smallest absolute Gasteiger partial charge is 0.126 e. The molecule has 0 unspecified atom stereocenters. The van der Waals surface area contributed by atoms with Crippen LogP contribution in [0.15, 0.2) is 36.0 Å². The Morgan fingerprint density at radius 1 is 1.54 bits per heavy atom. The fraction of sp³-hybridized carbons (Fsp3) is 0.111. The lowest BCUT2D eigenvalue weighted by atomic mass is 10.1. The third kappa shape index (κ3) is 2.01. The van der Waals surface area contributed by atoms with Crippen LogP contribution < -0.4 is 4.74 Å². The van der Waals surface area contributed by atoms with Crippen LogP contribution in [-0.2, 0) is 0 Å². The summed E-state index contributed by atoms with van der Waals surface area (Å²) in [5.41, 5.74) is 9.29. The van der Waals surface area contributed by atoms with Gasteiger partial charge in [0.25, 0.3) is 0 Å². The molecule has 0 amide bonds. The molecule has 0 heterocycles. The number of methoxy groups -OCH3 is 1. The molecule has 1 aromatic rings. The minimum absolute atomic E-state index is 0.361. The molecular weight excluding hydrogens is 166 g/mol. The van der Waals surface area contributed by atoms with Gasteiger partial charge in [-0.3, -0.25) is 0 Å². The van der Waals surface area contributed by atoms with Gasteiger partial charge in [0.1, 0.15) is 5.75 Å². The van der Waals surface area contributed by atoms with Crippen molar-refractivity contribution in [2.24, 2.45) is 5.11 Å². The Kier molecular flexibility index (Phi) is 2.95. The molecule has 4 heteroatoms. The van der Waals surface area contributed by atoms with E-state index in [9.17, 15) is 0 Å². The second kappa shape index (κ2) is 4.18. The topological polar surface area (TPSA) is 58.0 Å². The van der Waals surface area contributed by atoms with E-state index in [-0.39, 0.29) is 0 Å². The van der Waals surface area contributed by atoms with Gasteiger partial charge in [-0.25, -0.2) is 0 Å². The van der Waals surface area contributed by atoms with Crippen molar-refractivity contribution >= 4 is 5.70 Å². The zero-order chi connectivity index (χ0) is 9.68. The number of rotatable bonds is 3. The van der Waals surface area contributed by atoms with E-state index < -0.39 is 0 Å². The fourth-order valence-electron chi connectivity index (χ4n) is 0.991. The van der Waals surface area contributed by atoms with E-state index in [4.69, 9.17) is 10.3 Å². The Hall–Kier alpha value is -1.93. The van der Waals surface area contributed by atoms with E-state index in [1.54, 1.807) is 19.2 Å². The molecule has 4 nitrogen and oxygen atoms in total. The first-order valence-corrected chi connectivity index (χ1v) is 3.67. The highest BCUT2D eigenvalue weighted by atomic mass is 16.5. The van der Waals surface area contributed by atoms with E-state index >= 15 is 0 Å². The molecule has 0 aliphatic carbocycles. The van der Waals surface area contributed by atoms with Crippen molar-refractivity contribution in [2.75, 3.05) is 7.11 Å². The number of hydrogen-bond donors (Lipinski definition) is 0. The summed E-state index contributed by atoms with van der Waals surface area (Å²) in [7, 11) is 1.56. The first-order chi connectivity index (χ1) is 6.29. The van der Waals surface area contributed by atoms with Gasteiger partial charge in [0.2, 0.25) is 0 Å². The lowest BCUT2D eigenvalue weighted by Crippen LogP contribution is -1.88. The van der Waals surface area contributed by atoms with Crippen LogP contribution in [0.5, 0.6) is 5.75 Å². The predicted molar refractivity (Wildman–Crippen MR) is 51.2 cm³/mol. The highest BCUT2D eigenvalue weighted by Gasteiger charge is 2.02. The summed E-state index contributed by atoms with van der Waals surface area (Å²) in [6, 6.07) is 7.24. The molecule has 0 aliphatic rings. The van der Waals surface area contributed by atoms with Crippen LogP contribution in [0.4, 0.5) is 0 Å². The Balaban J connectivity index is 3.12. The standard InChI is InChI=1S/C9H9N3O/c1-7(11-12-10)8-5-3-4-6-9(8)13-2/h3-6H,1H2,2H3. The van der Waals surface area contributed by atoms with Gasteiger partial charge in [-0.05, 0) is 11.6 Å². The van der Waals surface area contributed by atoms with Crippen LogP contribution in [0.3, 0.4) is 0 Å². The second-order valence-electron chi connectivity index (χ2n) is 2.34. The van der Waals surface area contributed by atoms with Crippen LogP contribution in [0.2, 0.25) is 0 Å². The molecule has 0 atom stereocenters. The Bertz CT molecular complexity index is 367. The molecular formula is C9H9N3O. The molecule has 0 saturated heterocycles. The molecule has 0 aliphatic heterocycles. The molecule has 0 radical (unpaired) electrons. The van der Waals surface area contributed by atoms with Crippen LogP contribution in [0, 0.1) is 0 Å². The summed E-state index contributed by atoms with van der Waals surface area (Å²) in [5, 5.41) is 3.41. The highest BCUT2D eigenvalue weighted by Crippen LogP contribution is 2.24. The van der Waals surface area contributed by atoms with Gasteiger partial charge >= 0.3 is 0 Å². The lowest BCUT2D eigenvalue weighted by Gasteiger charge is -2.05. The zero-order valence-corrected chi connectivity index (χ0v) is 7.27. The second-order valence-corrected chi connectivity index (χ2v) is 2.34. The molecule has 66 valence electrons. The average Bonchev–Trinajstić information content (AvgIpc) is 2.18. The van der Waals surface area contributed by atoms with Crippen LogP contribution in [-0.4, -0.2) is 7.11 Å². The van der Waals surface area contributed by atoms with Gasteiger partial charge in [-0.2, -0.15) is 0 Å². The minimum Gasteiger partial charge on any atom is -0.496 e. The molecule has 0 fully saturated rings. The van der Waals surface area contributed by atoms with Crippen LogP contribution in [0.1, 0.15) is 5.56 Å². The highest BCUT2D eigenvalue weighted by molar-refractivity contribution is 5.67. The van der Waals surface area contributed by atoms with Crippen LogP contribution >= 0.6 is 0 Å². The van der Waals surface area contributed by atoms with Gasteiger partial charge < -0.3 is 4.74 Å². The molecule has 0 N–H and O–H groups in total. The Morgan fingerprint density at radius 2 is 2.23 bits per heavy atom. The van der Waals surface area contributed by atoms with E-state index in [1.165, 1.54) is 0 Å². The minimum atomic E-state index is 0.361. The summed E-state index contributed by atoms with van der Waals surface area (Å²) in [6.07, 6.45) is 0. The maximum absolute atomic E-state index is 8.22. The monoisotopic (exact) mass is 175 g/mol. The Labute approximate surface area is 76.1 Å². The van der Waals surface area contributed by atoms with Gasteiger partial charge in [0.15, 0.2) is 0 Å². The molecule has 0 aromatic heterocycles. The van der Waals surface area contributed by atoms with Crippen molar-refractivity contribution in [3.63, 3.8) is 0 Å². The summed E-state index contributed by atoms with van der Waals surface area (Å²) in [6.45, 7) is 3.62. The van der Waals surface area contributed by atoms with Crippen molar-refractivity contribution in [2.45, 2.75) is 0 Å². The summed E-state index contributed by atoms with van der Waals surface area (Å²) in [5.74, 6) is 0.653. The third-order valence-corrected chi connectivity index (χ3v) is 1.58. The fourth-order valence-corrected chi connectivity index (χ4v) is 0.991. The van der Waals surface area contributed by atoms with Crippen molar-refractivity contribution in [3.05, 3.63) is 46.9 Å². The molecule has 0 saturated carbocycles. The lowest BCUT2D eigenvalue weighted by molar-refractivity contribution is 0.413. The zero-order valence-electron chi connectivity index (χ0n) is 7.27. The number of hydrogen-bond acceptors (Lipinski definition) is 2. The molecule has 1 rings (SSSR count). The van der Waals surface area contributed by atoms with Crippen molar-refractivity contribution in [3.8, 4) is 5.75 Å². The number of azide groups is 1. The SMILES string of the molecule is C=C(N=[N+]=[N-])c1ccccc1OC. The quantitative estimate of drug-likeness (QED) is 0.395. The van der Waals surface area contributed by atoms with E-state index in [0.717, 1.165) is 0 Å². The molecule has 13 heavy (non-hydrogen) atoms. The maximum Gasteiger partial charge on any atom is 0.126 e. The number of ether oxygens (including phenoxy) is 1. The van der Waals surface area contributed by atoms with E-state index in [0.29, 0.717) is 17.0 Å². The normalized spacial score (nSPS) is 8.69.